The Morgan fingerprint density at radius 2 is 1.89 bits per heavy atom. The zero-order valence-electron chi connectivity index (χ0n) is 21.3. The van der Waals surface area contributed by atoms with Crippen molar-refractivity contribution in [1.29, 1.82) is 0 Å². The van der Waals surface area contributed by atoms with Crippen molar-refractivity contribution in [3.8, 4) is 11.3 Å². The van der Waals surface area contributed by atoms with Gasteiger partial charge in [0.05, 0.1) is 29.4 Å². The molecule has 0 radical (unpaired) electrons. The first-order chi connectivity index (χ1) is 17.6. The number of pyridine rings is 1. The third kappa shape index (κ3) is 4.72. The Kier molecular flexibility index (Phi) is 7.70. The highest BCUT2D eigenvalue weighted by atomic mass is 35.5. The summed E-state index contributed by atoms with van der Waals surface area (Å²) in [5, 5.41) is 14.3. The second-order valence-electron chi connectivity index (χ2n) is 9.87. The Bertz CT molecular complexity index is 1600. The first-order valence-corrected chi connectivity index (χ1v) is 12.6. The predicted octanol–water partition coefficient (Wildman–Crippen LogP) is 6.41. The normalized spacial score (nSPS) is 13.6. The molecule has 0 spiro atoms. The van der Waals surface area contributed by atoms with Crippen LogP contribution in [-0.2, 0) is 11.3 Å². The minimum Gasteiger partial charge on any atom is -0.460 e. The minimum absolute atomic E-state index is 0. The van der Waals surface area contributed by atoms with Crippen molar-refractivity contribution in [2.24, 2.45) is 0 Å². The van der Waals surface area contributed by atoms with Crippen molar-refractivity contribution in [3.63, 3.8) is 0 Å². The highest BCUT2D eigenvalue weighted by Gasteiger charge is 2.33. The molecule has 0 aliphatic carbocycles. The highest BCUT2D eigenvalue weighted by Crippen LogP contribution is 2.35. The molecule has 0 saturated carbocycles. The van der Waals surface area contributed by atoms with Gasteiger partial charge < -0.3 is 19.4 Å². The van der Waals surface area contributed by atoms with Crippen LogP contribution in [0.15, 0.2) is 45.6 Å². The lowest BCUT2D eigenvalue weighted by Gasteiger charge is -2.21. The molecule has 6 nitrogen and oxygen atoms in total. The standard InChI is InChI=1S/C28H27BClFN2O4.CH4/c1-13(2)27-15(4)26(34)20-11-14(3)10-19(28(20)37-27)16(5)32-21-8-9-22(30)33-25(21)18-7-6-17-12-36-29(35)23(17)24(18)31;/h6-11,13,16,32,35H,12H2,1-5H3;1H4. The molecule has 1 unspecified atom stereocenters. The summed E-state index contributed by atoms with van der Waals surface area (Å²) < 4.78 is 27.0. The molecule has 0 saturated heterocycles. The fourth-order valence-corrected chi connectivity index (χ4v) is 5.13. The summed E-state index contributed by atoms with van der Waals surface area (Å²) >= 11 is 6.21. The van der Waals surface area contributed by atoms with Gasteiger partial charge in [0.25, 0.3) is 0 Å². The summed E-state index contributed by atoms with van der Waals surface area (Å²) in [7, 11) is -1.33. The third-order valence-corrected chi connectivity index (χ3v) is 7.03. The van der Waals surface area contributed by atoms with Crippen LogP contribution in [0.25, 0.3) is 22.2 Å². The SMILES string of the molecule is C.Cc1cc(C(C)Nc2ccc(Cl)nc2-c2ccc3c(c2F)B(O)OC3)c2oc(C(C)C)c(C)c(=O)c2c1. The number of aromatic nitrogens is 1. The van der Waals surface area contributed by atoms with Gasteiger partial charge in [0, 0.05) is 28.1 Å². The number of rotatable bonds is 5. The van der Waals surface area contributed by atoms with Gasteiger partial charge >= 0.3 is 7.12 Å². The Hall–Kier alpha value is -3.20. The maximum absolute atomic E-state index is 15.5. The van der Waals surface area contributed by atoms with Crippen molar-refractivity contribution in [2.75, 3.05) is 5.32 Å². The molecule has 4 aromatic rings. The van der Waals surface area contributed by atoms with Gasteiger partial charge in [-0.3, -0.25) is 4.79 Å². The first kappa shape index (κ1) is 27.8. The molecule has 1 aliphatic heterocycles. The smallest absolute Gasteiger partial charge is 0.460 e. The maximum atomic E-state index is 15.5. The van der Waals surface area contributed by atoms with Crippen molar-refractivity contribution < 1.29 is 18.5 Å². The van der Waals surface area contributed by atoms with Gasteiger partial charge in [0.2, 0.25) is 0 Å². The lowest BCUT2D eigenvalue weighted by atomic mass is 9.77. The molecule has 2 aromatic heterocycles. The fourth-order valence-electron chi connectivity index (χ4n) is 4.99. The predicted molar refractivity (Wildman–Crippen MR) is 152 cm³/mol. The van der Waals surface area contributed by atoms with E-state index in [1.54, 1.807) is 31.2 Å². The van der Waals surface area contributed by atoms with Gasteiger partial charge in [-0.05, 0) is 56.2 Å². The van der Waals surface area contributed by atoms with E-state index in [9.17, 15) is 9.82 Å². The molecule has 198 valence electrons. The lowest BCUT2D eigenvalue weighted by molar-refractivity contribution is 0.275. The van der Waals surface area contributed by atoms with Gasteiger partial charge in [-0.2, -0.15) is 0 Å². The number of hydrogen-bond acceptors (Lipinski definition) is 6. The molecule has 3 heterocycles. The van der Waals surface area contributed by atoms with Gasteiger partial charge in [0.15, 0.2) is 5.43 Å². The molecule has 2 aromatic carbocycles. The van der Waals surface area contributed by atoms with E-state index in [1.807, 2.05) is 39.8 Å². The first-order valence-electron chi connectivity index (χ1n) is 12.2. The number of anilines is 1. The average Bonchev–Trinajstić information content (AvgIpc) is 3.23. The van der Waals surface area contributed by atoms with Gasteiger partial charge in [-0.15, -0.1) is 0 Å². The molecular formula is C29H31BClFN2O4. The van der Waals surface area contributed by atoms with E-state index < -0.39 is 12.9 Å². The Morgan fingerprint density at radius 1 is 1.16 bits per heavy atom. The van der Waals surface area contributed by atoms with E-state index in [0.29, 0.717) is 39.2 Å². The van der Waals surface area contributed by atoms with Crippen molar-refractivity contribution in [1.82, 2.24) is 4.98 Å². The Labute approximate surface area is 227 Å². The summed E-state index contributed by atoms with van der Waals surface area (Å²) in [6.45, 7) is 9.80. The topological polar surface area (TPSA) is 84.6 Å². The van der Waals surface area contributed by atoms with Crippen LogP contribution in [0.1, 0.15) is 68.2 Å². The van der Waals surface area contributed by atoms with Gasteiger partial charge in [0.1, 0.15) is 22.3 Å². The summed E-state index contributed by atoms with van der Waals surface area (Å²) in [6, 6.07) is 10.2. The molecule has 1 atom stereocenters. The summed E-state index contributed by atoms with van der Waals surface area (Å²) in [5.41, 5.74) is 4.56. The Balaban J connectivity index is 0.00000336. The zero-order valence-corrected chi connectivity index (χ0v) is 22.0. The Morgan fingerprint density at radius 3 is 2.61 bits per heavy atom. The minimum atomic E-state index is -1.33. The molecule has 0 bridgehead atoms. The number of hydrogen-bond donors (Lipinski definition) is 2. The van der Waals surface area contributed by atoms with E-state index in [-0.39, 0.29) is 47.6 Å². The summed E-state index contributed by atoms with van der Waals surface area (Å²) in [6.07, 6.45) is 0. The van der Waals surface area contributed by atoms with Crippen LogP contribution in [-0.4, -0.2) is 17.1 Å². The fraction of sp³-hybridized carbons (Fsp3) is 0.310. The highest BCUT2D eigenvalue weighted by molar-refractivity contribution is 6.61. The molecule has 9 heteroatoms. The second-order valence-corrected chi connectivity index (χ2v) is 10.3. The number of nitrogens with zero attached hydrogens (tertiary/aromatic N) is 1. The molecule has 5 rings (SSSR count). The van der Waals surface area contributed by atoms with E-state index in [2.05, 4.69) is 10.3 Å². The molecular weight excluding hydrogens is 506 g/mol. The largest absolute Gasteiger partial charge is 0.494 e. The zero-order chi connectivity index (χ0) is 26.6. The summed E-state index contributed by atoms with van der Waals surface area (Å²) in [5.74, 6) is 0.102. The van der Waals surface area contributed by atoms with Gasteiger partial charge in [-0.25, -0.2) is 9.37 Å². The lowest BCUT2D eigenvalue weighted by Crippen LogP contribution is -2.31. The monoisotopic (exact) mass is 536 g/mol. The number of benzene rings is 2. The summed E-state index contributed by atoms with van der Waals surface area (Å²) in [4.78, 5) is 17.6. The quantitative estimate of drug-likeness (QED) is 0.226. The second kappa shape index (κ2) is 10.5. The maximum Gasteiger partial charge on any atom is 0.494 e. The van der Waals surface area contributed by atoms with Crippen LogP contribution in [0.5, 0.6) is 0 Å². The van der Waals surface area contributed by atoms with Crippen molar-refractivity contribution in [2.45, 2.75) is 60.6 Å². The number of aryl methyl sites for hydroxylation is 1. The third-order valence-electron chi connectivity index (χ3n) is 6.82. The van der Waals surface area contributed by atoms with Crippen molar-refractivity contribution >= 4 is 40.8 Å². The van der Waals surface area contributed by atoms with E-state index in [0.717, 1.165) is 11.1 Å². The average molecular weight is 537 g/mol. The van der Waals surface area contributed by atoms with Crippen molar-refractivity contribution in [3.05, 3.63) is 85.6 Å². The van der Waals surface area contributed by atoms with Gasteiger partial charge in [-0.1, -0.05) is 45.0 Å². The van der Waals surface area contributed by atoms with E-state index in [1.165, 1.54) is 0 Å². The van der Waals surface area contributed by atoms with Crippen LogP contribution in [0.4, 0.5) is 10.1 Å². The van der Waals surface area contributed by atoms with Crippen LogP contribution < -0.4 is 16.2 Å². The van der Waals surface area contributed by atoms with E-state index >= 15 is 4.39 Å². The van der Waals surface area contributed by atoms with Crippen LogP contribution in [0, 0.1) is 19.7 Å². The number of halogens is 2. The molecule has 0 fully saturated rings. The number of fused-ring (bicyclic) bond motifs is 2. The molecule has 2 N–H and O–H groups in total. The number of nitrogens with one attached hydrogen (secondary N) is 1. The van der Waals surface area contributed by atoms with Crippen LogP contribution in [0.2, 0.25) is 5.15 Å². The van der Waals surface area contributed by atoms with Crippen LogP contribution >= 0.6 is 11.6 Å². The van der Waals surface area contributed by atoms with E-state index in [4.69, 9.17) is 20.7 Å². The molecule has 1 aliphatic rings. The molecule has 38 heavy (non-hydrogen) atoms. The molecule has 0 amide bonds. The van der Waals surface area contributed by atoms with Crippen LogP contribution in [0.3, 0.4) is 0 Å².